The molecule has 2 rings (SSSR count). The molecule has 0 unspecified atom stereocenters. The molecule has 1 aliphatic rings. The van der Waals surface area contributed by atoms with E-state index in [4.69, 9.17) is 21.6 Å². The second-order valence-corrected chi connectivity index (χ2v) is 4.87. The molecule has 0 spiro atoms. The number of ether oxygens (including phenoxy) is 1. The number of amides is 1. The summed E-state index contributed by atoms with van der Waals surface area (Å²) in [5, 5.41) is 11.7. The van der Waals surface area contributed by atoms with Gasteiger partial charge in [0, 0.05) is 25.3 Å². The summed E-state index contributed by atoms with van der Waals surface area (Å²) in [6.45, 7) is 3.95. The maximum Gasteiger partial charge on any atom is 0.239 e. The van der Waals surface area contributed by atoms with Gasteiger partial charge in [-0.2, -0.15) is 5.26 Å². The molecule has 6 heteroatoms. The standard InChI is InChI=1S/C14H16ClN3O2/c15-8-14(19)17-13-6-11(9-16)5-12(7-13)10-18-1-3-20-4-2-18/h5-7H,1-4,8,10H2,(H,17,19). The Morgan fingerprint density at radius 3 is 2.80 bits per heavy atom. The lowest BCUT2D eigenvalue weighted by Crippen LogP contribution is -2.35. The molecule has 1 heterocycles. The first-order chi connectivity index (χ1) is 9.71. The van der Waals surface area contributed by atoms with Crippen LogP contribution < -0.4 is 5.32 Å². The molecule has 0 aliphatic carbocycles. The summed E-state index contributed by atoms with van der Waals surface area (Å²) in [7, 11) is 0. The quantitative estimate of drug-likeness (QED) is 0.856. The number of nitrogens with one attached hydrogen (secondary N) is 1. The van der Waals surface area contributed by atoms with Crippen molar-refractivity contribution in [3.8, 4) is 6.07 Å². The van der Waals surface area contributed by atoms with Gasteiger partial charge in [-0.15, -0.1) is 11.6 Å². The molecule has 1 amide bonds. The summed E-state index contributed by atoms with van der Waals surface area (Å²) in [6.07, 6.45) is 0. The summed E-state index contributed by atoms with van der Waals surface area (Å²) in [5.41, 5.74) is 2.13. The molecule has 1 aromatic carbocycles. The number of halogens is 1. The molecule has 5 nitrogen and oxygen atoms in total. The van der Waals surface area contributed by atoms with Crippen molar-refractivity contribution in [1.29, 1.82) is 5.26 Å². The Morgan fingerprint density at radius 2 is 2.15 bits per heavy atom. The zero-order valence-corrected chi connectivity index (χ0v) is 11.8. The van der Waals surface area contributed by atoms with E-state index < -0.39 is 0 Å². The van der Waals surface area contributed by atoms with Crippen molar-refractivity contribution in [3.63, 3.8) is 0 Å². The molecule has 0 aromatic heterocycles. The molecular formula is C14H16ClN3O2. The van der Waals surface area contributed by atoms with Gasteiger partial charge in [0.05, 0.1) is 24.8 Å². The van der Waals surface area contributed by atoms with E-state index in [1.165, 1.54) is 0 Å². The number of rotatable bonds is 4. The fourth-order valence-electron chi connectivity index (χ4n) is 2.13. The number of alkyl halides is 1. The molecule has 0 bridgehead atoms. The maximum absolute atomic E-state index is 11.3. The smallest absolute Gasteiger partial charge is 0.239 e. The summed E-state index contributed by atoms with van der Waals surface area (Å²) in [4.78, 5) is 13.6. The predicted molar refractivity (Wildman–Crippen MR) is 76.6 cm³/mol. The molecular weight excluding hydrogens is 278 g/mol. The zero-order chi connectivity index (χ0) is 14.4. The topological polar surface area (TPSA) is 65.4 Å². The number of carbonyl (C=O) groups excluding carboxylic acids is 1. The normalized spacial score (nSPS) is 15.6. The molecule has 1 fully saturated rings. The second-order valence-electron chi connectivity index (χ2n) is 4.60. The summed E-state index contributed by atoms with van der Waals surface area (Å²) < 4.78 is 5.31. The highest BCUT2D eigenvalue weighted by molar-refractivity contribution is 6.29. The molecule has 1 aliphatic heterocycles. The second kappa shape index (κ2) is 7.25. The van der Waals surface area contributed by atoms with Crippen LogP contribution in [0.5, 0.6) is 0 Å². The van der Waals surface area contributed by atoms with Gasteiger partial charge in [-0.25, -0.2) is 0 Å². The van der Waals surface area contributed by atoms with Crippen LogP contribution in [0.1, 0.15) is 11.1 Å². The van der Waals surface area contributed by atoms with Gasteiger partial charge >= 0.3 is 0 Å². The van der Waals surface area contributed by atoms with Crippen molar-refractivity contribution in [2.24, 2.45) is 0 Å². The minimum atomic E-state index is -0.279. The van der Waals surface area contributed by atoms with Gasteiger partial charge in [0.1, 0.15) is 5.88 Å². The van der Waals surface area contributed by atoms with Crippen molar-refractivity contribution in [2.75, 3.05) is 37.5 Å². The van der Waals surface area contributed by atoms with E-state index in [0.717, 1.165) is 38.4 Å². The highest BCUT2D eigenvalue weighted by atomic mass is 35.5. The molecule has 20 heavy (non-hydrogen) atoms. The van der Waals surface area contributed by atoms with Crippen molar-refractivity contribution in [3.05, 3.63) is 29.3 Å². The van der Waals surface area contributed by atoms with E-state index >= 15 is 0 Å². The SMILES string of the molecule is N#Cc1cc(CN2CCOCC2)cc(NC(=O)CCl)c1. The first-order valence-corrected chi connectivity index (χ1v) is 6.94. The molecule has 0 radical (unpaired) electrons. The molecule has 106 valence electrons. The van der Waals surface area contributed by atoms with E-state index in [0.29, 0.717) is 11.3 Å². The van der Waals surface area contributed by atoms with Crippen LogP contribution in [0.4, 0.5) is 5.69 Å². The van der Waals surface area contributed by atoms with Gasteiger partial charge in [-0.3, -0.25) is 9.69 Å². The minimum Gasteiger partial charge on any atom is -0.379 e. The van der Waals surface area contributed by atoms with Gasteiger partial charge in [0.15, 0.2) is 0 Å². The summed E-state index contributed by atoms with van der Waals surface area (Å²) >= 11 is 5.47. The number of benzene rings is 1. The average Bonchev–Trinajstić information content (AvgIpc) is 2.47. The first-order valence-electron chi connectivity index (χ1n) is 6.41. The van der Waals surface area contributed by atoms with Gasteiger partial charge < -0.3 is 10.1 Å². The lowest BCUT2D eigenvalue weighted by molar-refractivity contribution is -0.113. The zero-order valence-electron chi connectivity index (χ0n) is 11.1. The van der Waals surface area contributed by atoms with Crippen LogP contribution in [-0.2, 0) is 16.1 Å². The van der Waals surface area contributed by atoms with Gasteiger partial charge in [0.2, 0.25) is 5.91 Å². The fourth-order valence-corrected chi connectivity index (χ4v) is 2.20. The van der Waals surface area contributed by atoms with E-state index in [2.05, 4.69) is 16.3 Å². The van der Waals surface area contributed by atoms with E-state index in [1.54, 1.807) is 6.07 Å². The van der Waals surface area contributed by atoms with Crippen molar-refractivity contribution in [1.82, 2.24) is 4.90 Å². The Bertz CT molecular complexity index is 522. The number of hydrogen-bond donors (Lipinski definition) is 1. The van der Waals surface area contributed by atoms with Crippen molar-refractivity contribution >= 4 is 23.2 Å². The number of anilines is 1. The Hall–Kier alpha value is -1.61. The minimum absolute atomic E-state index is 0.102. The molecule has 0 saturated carbocycles. The van der Waals surface area contributed by atoms with Crippen LogP contribution in [0.3, 0.4) is 0 Å². The maximum atomic E-state index is 11.3. The average molecular weight is 294 g/mol. The molecule has 1 aromatic rings. The predicted octanol–water partition coefficient (Wildman–Crippen LogP) is 1.57. The van der Waals surface area contributed by atoms with Crippen LogP contribution in [0, 0.1) is 11.3 Å². The Labute approximate surface area is 123 Å². The van der Waals surface area contributed by atoms with Gasteiger partial charge in [-0.1, -0.05) is 0 Å². The number of nitrogens with zero attached hydrogens (tertiary/aromatic N) is 2. The monoisotopic (exact) mass is 293 g/mol. The highest BCUT2D eigenvalue weighted by Gasteiger charge is 2.12. The molecule has 1 N–H and O–H groups in total. The van der Waals surface area contributed by atoms with E-state index in [9.17, 15) is 4.79 Å². The number of carbonyl (C=O) groups is 1. The van der Waals surface area contributed by atoms with Crippen molar-refractivity contribution in [2.45, 2.75) is 6.54 Å². The number of morpholine rings is 1. The van der Waals surface area contributed by atoms with Crippen LogP contribution in [0.15, 0.2) is 18.2 Å². The van der Waals surface area contributed by atoms with E-state index in [-0.39, 0.29) is 11.8 Å². The fraction of sp³-hybridized carbons (Fsp3) is 0.429. The van der Waals surface area contributed by atoms with Crippen molar-refractivity contribution < 1.29 is 9.53 Å². The third kappa shape index (κ3) is 4.20. The van der Waals surface area contributed by atoms with E-state index in [1.807, 2.05) is 12.1 Å². The summed E-state index contributed by atoms with van der Waals surface area (Å²) in [5.74, 6) is -0.380. The molecule has 1 saturated heterocycles. The number of hydrogen-bond acceptors (Lipinski definition) is 4. The molecule has 0 atom stereocenters. The van der Waals surface area contributed by atoms with Crippen LogP contribution in [0.25, 0.3) is 0 Å². The van der Waals surface area contributed by atoms with Gasteiger partial charge in [0.25, 0.3) is 0 Å². The highest BCUT2D eigenvalue weighted by Crippen LogP contribution is 2.17. The third-order valence-corrected chi connectivity index (χ3v) is 3.28. The van der Waals surface area contributed by atoms with Gasteiger partial charge in [-0.05, 0) is 23.8 Å². The largest absolute Gasteiger partial charge is 0.379 e. The lowest BCUT2D eigenvalue weighted by Gasteiger charge is -2.26. The van der Waals surface area contributed by atoms with Crippen LogP contribution >= 0.6 is 11.6 Å². The number of nitriles is 1. The lowest BCUT2D eigenvalue weighted by atomic mass is 10.1. The first kappa shape index (κ1) is 14.8. The Balaban J connectivity index is 2.12. The Kier molecular flexibility index (Phi) is 5.36. The third-order valence-electron chi connectivity index (χ3n) is 3.04. The van der Waals surface area contributed by atoms with Crippen LogP contribution in [-0.4, -0.2) is 43.0 Å². The Morgan fingerprint density at radius 1 is 1.40 bits per heavy atom. The van der Waals surface area contributed by atoms with Crippen LogP contribution in [0.2, 0.25) is 0 Å². The summed E-state index contributed by atoms with van der Waals surface area (Å²) in [6, 6.07) is 7.47.